The van der Waals surface area contributed by atoms with E-state index >= 15 is 0 Å². The maximum absolute atomic E-state index is 12.4. The highest BCUT2D eigenvalue weighted by atomic mass is 32.1. The number of benzene rings is 1. The first kappa shape index (κ1) is 14.6. The average molecular weight is 316 g/mol. The Hall–Kier alpha value is -2.34. The normalized spacial score (nSPS) is 14.9. The number of amides is 2. The summed E-state index contributed by atoms with van der Waals surface area (Å²) in [5, 5.41) is 11.3. The van der Waals surface area contributed by atoms with E-state index in [4.69, 9.17) is 0 Å². The molecule has 0 spiro atoms. The molecular weight excluding hydrogens is 300 g/mol. The van der Waals surface area contributed by atoms with Crippen molar-refractivity contribution in [2.24, 2.45) is 0 Å². The van der Waals surface area contributed by atoms with Gasteiger partial charge in [-0.1, -0.05) is 12.1 Å². The van der Waals surface area contributed by atoms with E-state index in [0.717, 1.165) is 4.88 Å². The fourth-order valence-corrected chi connectivity index (χ4v) is 3.18. The minimum atomic E-state index is -0.112. The van der Waals surface area contributed by atoms with E-state index < -0.39 is 0 Å². The van der Waals surface area contributed by atoms with Crippen LogP contribution in [0.25, 0.3) is 0 Å². The van der Waals surface area contributed by atoms with Crippen LogP contribution in [0.5, 0.6) is 5.75 Å². The SMILES string of the molecule is O=C(c1cccc(O)c1)N1CCN(C(=O)c2cccs2)CC1. The van der Waals surface area contributed by atoms with Crippen LogP contribution in [-0.4, -0.2) is 52.9 Å². The molecule has 1 aliphatic rings. The summed E-state index contributed by atoms with van der Waals surface area (Å²) in [6.07, 6.45) is 0. The second kappa shape index (κ2) is 6.19. The van der Waals surface area contributed by atoms with Gasteiger partial charge >= 0.3 is 0 Å². The van der Waals surface area contributed by atoms with Gasteiger partial charge in [0.1, 0.15) is 5.75 Å². The zero-order chi connectivity index (χ0) is 15.5. The van der Waals surface area contributed by atoms with Crippen molar-refractivity contribution in [3.8, 4) is 5.75 Å². The molecule has 5 nitrogen and oxygen atoms in total. The number of hydrogen-bond donors (Lipinski definition) is 1. The molecule has 0 saturated carbocycles. The van der Waals surface area contributed by atoms with Gasteiger partial charge < -0.3 is 14.9 Å². The van der Waals surface area contributed by atoms with Gasteiger partial charge in [0.2, 0.25) is 0 Å². The highest BCUT2D eigenvalue weighted by Crippen LogP contribution is 2.17. The summed E-state index contributed by atoms with van der Waals surface area (Å²) >= 11 is 1.43. The Labute approximate surface area is 132 Å². The summed E-state index contributed by atoms with van der Waals surface area (Å²) in [7, 11) is 0. The van der Waals surface area contributed by atoms with Gasteiger partial charge in [-0.05, 0) is 29.6 Å². The molecule has 1 saturated heterocycles. The van der Waals surface area contributed by atoms with Gasteiger partial charge in [-0.3, -0.25) is 9.59 Å². The molecule has 1 fully saturated rings. The molecule has 1 N–H and O–H groups in total. The molecule has 1 aliphatic heterocycles. The molecule has 6 heteroatoms. The van der Waals surface area contributed by atoms with Crippen molar-refractivity contribution in [1.29, 1.82) is 0 Å². The second-order valence-corrected chi connectivity index (χ2v) is 6.06. The molecule has 2 amide bonds. The van der Waals surface area contributed by atoms with Gasteiger partial charge in [0.25, 0.3) is 11.8 Å². The van der Waals surface area contributed by atoms with Gasteiger partial charge in [-0.2, -0.15) is 0 Å². The molecule has 22 heavy (non-hydrogen) atoms. The summed E-state index contributed by atoms with van der Waals surface area (Å²) in [6.45, 7) is 2.07. The van der Waals surface area contributed by atoms with E-state index in [1.165, 1.54) is 23.5 Å². The first-order valence-corrected chi connectivity index (χ1v) is 7.94. The van der Waals surface area contributed by atoms with Gasteiger partial charge in [-0.15, -0.1) is 11.3 Å². The van der Waals surface area contributed by atoms with Crippen molar-refractivity contribution in [3.63, 3.8) is 0 Å². The lowest BCUT2D eigenvalue weighted by molar-refractivity contribution is 0.0538. The first-order chi connectivity index (χ1) is 10.6. The van der Waals surface area contributed by atoms with Crippen molar-refractivity contribution >= 4 is 23.2 Å². The topological polar surface area (TPSA) is 60.9 Å². The molecule has 1 aromatic carbocycles. The van der Waals surface area contributed by atoms with E-state index in [2.05, 4.69) is 0 Å². The van der Waals surface area contributed by atoms with Crippen molar-refractivity contribution in [1.82, 2.24) is 9.80 Å². The van der Waals surface area contributed by atoms with Crippen LogP contribution in [0.2, 0.25) is 0 Å². The number of hydrogen-bond acceptors (Lipinski definition) is 4. The molecule has 0 bridgehead atoms. The van der Waals surface area contributed by atoms with E-state index in [-0.39, 0.29) is 17.6 Å². The summed E-state index contributed by atoms with van der Waals surface area (Å²) in [5.41, 5.74) is 0.470. The van der Waals surface area contributed by atoms with Crippen LogP contribution in [0.1, 0.15) is 20.0 Å². The highest BCUT2D eigenvalue weighted by Gasteiger charge is 2.25. The Morgan fingerprint density at radius 3 is 2.23 bits per heavy atom. The van der Waals surface area contributed by atoms with Crippen LogP contribution in [0.4, 0.5) is 0 Å². The quantitative estimate of drug-likeness (QED) is 0.922. The fraction of sp³-hybridized carbons (Fsp3) is 0.250. The Kier molecular flexibility index (Phi) is 4.11. The molecular formula is C16H16N2O3S. The molecule has 2 aromatic rings. The van der Waals surface area contributed by atoms with E-state index in [1.54, 1.807) is 21.9 Å². The zero-order valence-electron chi connectivity index (χ0n) is 11.9. The highest BCUT2D eigenvalue weighted by molar-refractivity contribution is 7.12. The number of piperazine rings is 1. The van der Waals surface area contributed by atoms with E-state index in [1.807, 2.05) is 17.5 Å². The molecule has 0 aliphatic carbocycles. The number of phenols is 1. The lowest BCUT2D eigenvalue weighted by atomic mass is 10.1. The molecule has 2 heterocycles. The predicted octanol–water partition coefficient (Wildman–Crippen LogP) is 2.05. The zero-order valence-corrected chi connectivity index (χ0v) is 12.8. The van der Waals surface area contributed by atoms with Crippen LogP contribution in [0.15, 0.2) is 41.8 Å². The third-order valence-electron chi connectivity index (χ3n) is 3.68. The summed E-state index contributed by atoms with van der Waals surface area (Å²) in [4.78, 5) is 28.8. The minimum absolute atomic E-state index is 0.0273. The molecule has 114 valence electrons. The minimum Gasteiger partial charge on any atom is -0.508 e. The standard InChI is InChI=1S/C16H16N2O3S/c19-13-4-1-3-12(11-13)15(20)17-6-8-18(9-7-17)16(21)14-5-2-10-22-14/h1-5,10-11,19H,6-9H2. The number of phenolic OH excluding ortho intramolecular Hbond substituents is 1. The number of rotatable bonds is 2. The molecule has 1 aromatic heterocycles. The molecule has 0 radical (unpaired) electrons. The Bertz CT molecular complexity index is 676. The smallest absolute Gasteiger partial charge is 0.264 e. The van der Waals surface area contributed by atoms with Crippen LogP contribution in [0, 0.1) is 0 Å². The average Bonchev–Trinajstić information content (AvgIpc) is 3.08. The van der Waals surface area contributed by atoms with Crippen LogP contribution in [-0.2, 0) is 0 Å². The largest absolute Gasteiger partial charge is 0.508 e. The molecule has 3 rings (SSSR count). The van der Waals surface area contributed by atoms with E-state index in [9.17, 15) is 14.7 Å². The predicted molar refractivity (Wildman–Crippen MR) is 84.2 cm³/mol. The number of carbonyl (C=O) groups excluding carboxylic acids is 2. The lowest BCUT2D eigenvalue weighted by Crippen LogP contribution is -2.50. The van der Waals surface area contributed by atoms with Gasteiger partial charge in [0.05, 0.1) is 4.88 Å². The third kappa shape index (κ3) is 2.96. The Morgan fingerprint density at radius 1 is 0.955 bits per heavy atom. The van der Waals surface area contributed by atoms with E-state index in [0.29, 0.717) is 31.7 Å². The van der Waals surface area contributed by atoms with Crippen molar-refractivity contribution in [2.75, 3.05) is 26.2 Å². The monoisotopic (exact) mass is 316 g/mol. The van der Waals surface area contributed by atoms with Crippen LogP contribution >= 0.6 is 11.3 Å². The maximum Gasteiger partial charge on any atom is 0.264 e. The Morgan fingerprint density at radius 2 is 1.64 bits per heavy atom. The van der Waals surface area contributed by atoms with Crippen LogP contribution < -0.4 is 0 Å². The molecule has 0 atom stereocenters. The van der Waals surface area contributed by atoms with Crippen molar-refractivity contribution in [2.45, 2.75) is 0 Å². The fourth-order valence-electron chi connectivity index (χ4n) is 2.49. The van der Waals surface area contributed by atoms with Crippen LogP contribution in [0.3, 0.4) is 0 Å². The van der Waals surface area contributed by atoms with Gasteiger partial charge in [-0.25, -0.2) is 0 Å². The number of aromatic hydroxyl groups is 1. The third-order valence-corrected chi connectivity index (χ3v) is 4.54. The number of nitrogens with zero attached hydrogens (tertiary/aromatic N) is 2. The van der Waals surface area contributed by atoms with Crippen molar-refractivity contribution in [3.05, 3.63) is 52.2 Å². The summed E-state index contributed by atoms with van der Waals surface area (Å²) in [6, 6.07) is 10.0. The number of thiophene rings is 1. The molecule has 0 unspecified atom stereocenters. The summed E-state index contributed by atoms with van der Waals surface area (Å²) < 4.78 is 0. The first-order valence-electron chi connectivity index (χ1n) is 7.06. The summed E-state index contributed by atoms with van der Waals surface area (Å²) in [5.74, 6) is -0.00376. The Balaban J connectivity index is 1.62. The lowest BCUT2D eigenvalue weighted by Gasteiger charge is -2.34. The van der Waals surface area contributed by atoms with Gasteiger partial charge in [0, 0.05) is 31.7 Å². The van der Waals surface area contributed by atoms with Crippen molar-refractivity contribution < 1.29 is 14.7 Å². The van der Waals surface area contributed by atoms with Gasteiger partial charge in [0.15, 0.2) is 0 Å². The maximum atomic E-state index is 12.4. The number of carbonyl (C=O) groups is 2. The second-order valence-electron chi connectivity index (χ2n) is 5.11.